The van der Waals surface area contributed by atoms with Crippen molar-refractivity contribution in [3.05, 3.63) is 48.0 Å². The van der Waals surface area contributed by atoms with Crippen molar-refractivity contribution in [3.8, 4) is 17.2 Å². The highest BCUT2D eigenvalue weighted by atomic mass is 16.3. The monoisotopic (exact) mass is 253 g/mol. The van der Waals surface area contributed by atoms with Crippen molar-refractivity contribution in [2.45, 2.75) is 19.8 Å². The van der Waals surface area contributed by atoms with Crippen LogP contribution in [-0.2, 0) is 6.42 Å². The average Bonchev–Trinajstić information content (AvgIpc) is 2.85. The molecule has 0 aliphatic carbocycles. The van der Waals surface area contributed by atoms with Crippen LogP contribution in [0, 0.1) is 0 Å². The topological polar surface area (TPSA) is 46.3 Å². The van der Waals surface area contributed by atoms with Crippen molar-refractivity contribution < 1.29 is 9.52 Å². The average molecular weight is 253 g/mol. The lowest BCUT2D eigenvalue weighted by atomic mass is 10.1. The highest BCUT2D eigenvalue weighted by Gasteiger charge is 2.10. The molecule has 0 fully saturated rings. The van der Waals surface area contributed by atoms with E-state index in [0.29, 0.717) is 5.89 Å². The molecule has 19 heavy (non-hydrogen) atoms. The first-order valence-corrected chi connectivity index (χ1v) is 6.46. The van der Waals surface area contributed by atoms with Gasteiger partial charge in [0.1, 0.15) is 11.3 Å². The van der Waals surface area contributed by atoms with Gasteiger partial charge in [0, 0.05) is 5.56 Å². The van der Waals surface area contributed by atoms with Crippen LogP contribution < -0.4 is 0 Å². The van der Waals surface area contributed by atoms with E-state index in [1.165, 1.54) is 5.56 Å². The van der Waals surface area contributed by atoms with E-state index in [1.54, 1.807) is 24.3 Å². The predicted octanol–water partition coefficient (Wildman–Crippen LogP) is 4.15. The molecular formula is C16H15NO2. The van der Waals surface area contributed by atoms with E-state index in [1.807, 2.05) is 12.1 Å². The molecule has 3 nitrogen and oxygen atoms in total. The number of oxazole rings is 1. The first-order valence-electron chi connectivity index (χ1n) is 6.46. The molecule has 0 aliphatic heterocycles. The maximum atomic E-state index is 9.31. The molecule has 1 heterocycles. The summed E-state index contributed by atoms with van der Waals surface area (Å²) < 4.78 is 5.88. The number of phenolic OH excluding ortho intramolecular Hbond substituents is 1. The summed E-state index contributed by atoms with van der Waals surface area (Å²) in [6.45, 7) is 2.15. The van der Waals surface area contributed by atoms with E-state index in [9.17, 15) is 5.11 Å². The van der Waals surface area contributed by atoms with Crippen LogP contribution in [0.25, 0.3) is 22.6 Å². The molecule has 3 aromatic rings. The third-order valence-corrected chi connectivity index (χ3v) is 3.13. The number of benzene rings is 2. The zero-order chi connectivity index (χ0) is 13.2. The molecule has 0 amide bonds. The van der Waals surface area contributed by atoms with Gasteiger partial charge in [-0.1, -0.05) is 25.5 Å². The lowest BCUT2D eigenvalue weighted by molar-refractivity contribution is 0.475. The number of aromatic nitrogens is 1. The third-order valence-electron chi connectivity index (χ3n) is 3.13. The van der Waals surface area contributed by atoms with Crippen LogP contribution in [0.5, 0.6) is 5.75 Å². The second-order valence-corrected chi connectivity index (χ2v) is 4.58. The third kappa shape index (κ3) is 2.19. The fourth-order valence-electron chi connectivity index (χ4n) is 2.20. The number of para-hydroxylation sites is 1. The Morgan fingerprint density at radius 1 is 1.11 bits per heavy atom. The van der Waals surface area contributed by atoms with Crippen molar-refractivity contribution in [2.75, 3.05) is 0 Å². The van der Waals surface area contributed by atoms with Crippen LogP contribution in [0.4, 0.5) is 0 Å². The van der Waals surface area contributed by atoms with Gasteiger partial charge >= 0.3 is 0 Å². The van der Waals surface area contributed by atoms with E-state index in [2.05, 4.69) is 18.0 Å². The number of aromatic hydroxyl groups is 1. The van der Waals surface area contributed by atoms with Crippen LogP contribution in [0.15, 0.2) is 46.9 Å². The zero-order valence-electron chi connectivity index (χ0n) is 10.8. The zero-order valence-corrected chi connectivity index (χ0v) is 10.8. The highest BCUT2D eigenvalue weighted by molar-refractivity contribution is 5.79. The second kappa shape index (κ2) is 4.76. The summed E-state index contributed by atoms with van der Waals surface area (Å²) in [5.74, 6) is 0.838. The number of hydrogen-bond donors (Lipinski definition) is 1. The standard InChI is InChI=1S/C16H15NO2/c1-2-4-11-5-3-6-14-15(11)19-16(17-14)12-7-9-13(18)10-8-12/h3,5-10,18H,2,4H2,1H3. The molecule has 0 atom stereocenters. The van der Waals surface area contributed by atoms with Gasteiger partial charge in [-0.2, -0.15) is 0 Å². The van der Waals surface area contributed by atoms with Gasteiger partial charge in [0.05, 0.1) is 0 Å². The molecule has 3 heteroatoms. The highest BCUT2D eigenvalue weighted by Crippen LogP contribution is 2.28. The Balaban J connectivity index is 2.11. The maximum Gasteiger partial charge on any atom is 0.227 e. The SMILES string of the molecule is CCCc1cccc2nc(-c3ccc(O)cc3)oc12. The minimum atomic E-state index is 0.242. The Labute approximate surface area is 111 Å². The molecule has 1 aromatic heterocycles. The first kappa shape index (κ1) is 11.8. The smallest absolute Gasteiger partial charge is 0.227 e. The Morgan fingerprint density at radius 2 is 1.89 bits per heavy atom. The van der Waals surface area contributed by atoms with E-state index in [0.717, 1.165) is 29.5 Å². The Bertz CT molecular complexity index is 698. The molecule has 0 aliphatic rings. The lowest BCUT2D eigenvalue weighted by Crippen LogP contribution is -1.82. The van der Waals surface area contributed by atoms with Crippen molar-refractivity contribution in [1.29, 1.82) is 0 Å². The number of phenols is 1. The summed E-state index contributed by atoms with van der Waals surface area (Å²) in [4.78, 5) is 4.51. The van der Waals surface area contributed by atoms with Gasteiger partial charge in [0.15, 0.2) is 5.58 Å². The van der Waals surface area contributed by atoms with Crippen LogP contribution in [0.2, 0.25) is 0 Å². The van der Waals surface area contributed by atoms with E-state index in [4.69, 9.17) is 4.42 Å². The van der Waals surface area contributed by atoms with Gasteiger partial charge < -0.3 is 9.52 Å². The molecule has 96 valence electrons. The molecule has 0 saturated carbocycles. The van der Waals surface area contributed by atoms with Gasteiger partial charge in [0.2, 0.25) is 5.89 Å². The maximum absolute atomic E-state index is 9.31. The molecule has 2 aromatic carbocycles. The molecule has 0 saturated heterocycles. The van der Waals surface area contributed by atoms with Gasteiger partial charge in [-0.15, -0.1) is 0 Å². The van der Waals surface area contributed by atoms with E-state index < -0.39 is 0 Å². The van der Waals surface area contributed by atoms with Crippen molar-refractivity contribution >= 4 is 11.1 Å². The Hall–Kier alpha value is -2.29. The Morgan fingerprint density at radius 3 is 2.63 bits per heavy atom. The number of rotatable bonds is 3. The minimum Gasteiger partial charge on any atom is -0.508 e. The summed E-state index contributed by atoms with van der Waals surface area (Å²) >= 11 is 0. The molecule has 0 bridgehead atoms. The number of nitrogens with zero attached hydrogens (tertiary/aromatic N) is 1. The summed E-state index contributed by atoms with van der Waals surface area (Å²) in [6.07, 6.45) is 2.07. The van der Waals surface area contributed by atoms with E-state index >= 15 is 0 Å². The van der Waals surface area contributed by atoms with E-state index in [-0.39, 0.29) is 5.75 Å². The van der Waals surface area contributed by atoms with Gasteiger partial charge in [0.25, 0.3) is 0 Å². The largest absolute Gasteiger partial charge is 0.508 e. The summed E-state index contributed by atoms with van der Waals surface area (Å²) in [6, 6.07) is 12.9. The molecule has 1 N–H and O–H groups in total. The molecule has 0 unspecified atom stereocenters. The summed E-state index contributed by atoms with van der Waals surface area (Å²) in [7, 11) is 0. The fraction of sp³-hybridized carbons (Fsp3) is 0.188. The number of fused-ring (bicyclic) bond motifs is 1. The normalized spacial score (nSPS) is 11.0. The van der Waals surface area contributed by atoms with Gasteiger partial charge in [-0.3, -0.25) is 0 Å². The van der Waals surface area contributed by atoms with Crippen LogP contribution in [0.1, 0.15) is 18.9 Å². The van der Waals surface area contributed by atoms with Crippen LogP contribution >= 0.6 is 0 Å². The van der Waals surface area contributed by atoms with Crippen LogP contribution in [0.3, 0.4) is 0 Å². The van der Waals surface area contributed by atoms with Crippen molar-refractivity contribution in [3.63, 3.8) is 0 Å². The number of aryl methyl sites for hydroxylation is 1. The van der Waals surface area contributed by atoms with Crippen molar-refractivity contribution in [2.24, 2.45) is 0 Å². The van der Waals surface area contributed by atoms with Gasteiger partial charge in [-0.05, 0) is 42.3 Å². The molecule has 0 radical (unpaired) electrons. The summed E-state index contributed by atoms with van der Waals surface area (Å²) in [5, 5.41) is 9.31. The minimum absolute atomic E-state index is 0.242. The molecule has 3 rings (SSSR count). The number of hydrogen-bond acceptors (Lipinski definition) is 3. The van der Waals surface area contributed by atoms with Gasteiger partial charge in [-0.25, -0.2) is 4.98 Å². The quantitative estimate of drug-likeness (QED) is 0.762. The molecular weight excluding hydrogens is 238 g/mol. The van der Waals surface area contributed by atoms with Crippen LogP contribution in [-0.4, -0.2) is 10.1 Å². The Kier molecular flexibility index (Phi) is 2.95. The first-order chi connectivity index (χ1) is 9.28. The van der Waals surface area contributed by atoms with Crippen molar-refractivity contribution in [1.82, 2.24) is 4.98 Å². The predicted molar refractivity (Wildman–Crippen MR) is 75.1 cm³/mol. The second-order valence-electron chi connectivity index (χ2n) is 4.58. The lowest BCUT2D eigenvalue weighted by Gasteiger charge is -1.98. The molecule has 0 spiro atoms. The summed E-state index contributed by atoms with van der Waals surface area (Å²) in [5.41, 5.74) is 3.82. The fourth-order valence-corrected chi connectivity index (χ4v) is 2.20.